The molecular formula is C28H47ClN6O. The predicted molar refractivity (Wildman–Crippen MR) is 152 cm³/mol. The van der Waals surface area contributed by atoms with Crippen molar-refractivity contribution in [3.63, 3.8) is 0 Å². The minimum atomic E-state index is -0.139. The van der Waals surface area contributed by atoms with Gasteiger partial charge in [0.1, 0.15) is 11.6 Å². The summed E-state index contributed by atoms with van der Waals surface area (Å²) in [5.41, 5.74) is 1.63. The smallest absolute Gasteiger partial charge is 0.347 e. The second-order valence-corrected chi connectivity index (χ2v) is 13.0. The van der Waals surface area contributed by atoms with Crippen LogP contribution in [0.1, 0.15) is 92.4 Å². The summed E-state index contributed by atoms with van der Waals surface area (Å²) in [6, 6.07) is 4.16. The first-order valence-electron chi connectivity index (χ1n) is 13.1. The number of anilines is 1. The summed E-state index contributed by atoms with van der Waals surface area (Å²) in [6.07, 6.45) is 3.95. The Labute approximate surface area is 224 Å². The fourth-order valence-corrected chi connectivity index (χ4v) is 4.15. The molecule has 202 valence electrons. The summed E-state index contributed by atoms with van der Waals surface area (Å²) in [6.45, 7) is 25.2. The molecule has 1 fully saturated rings. The molecule has 3 heterocycles. The number of nitrogens with zero attached hydrogens (tertiary/aromatic N) is 6. The molecule has 0 aromatic carbocycles. The first-order valence-corrected chi connectivity index (χ1v) is 13.1. The fraction of sp³-hybridized carbons (Fsp3) is 0.714. The third-order valence-corrected chi connectivity index (χ3v) is 6.61. The lowest BCUT2D eigenvalue weighted by Crippen LogP contribution is -2.47. The van der Waals surface area contributed by atoms with Crippen molar-refractivity contribution in [3.05, 3.63) is 46.0 Å². The second-order valence-electron chi connectivity index (χ2n) is 13.0. The van der Waals surface area contributed by atoms with Gasteiger partial charge >= 0.3 is 5.69 Å². The Morgan fingerprint density at radius 1 is 0.750 bits per heavy atom. The highest BCUT2D eigenvalue weighted by atomic mass is 35.5. The van der Waals surface area contributed by atoms with Crippen molar-refractivity contribution < 1.29 is 0 Å². The maximum Gasteiger partial charge on any atom is 0.347 e. The molecule has 0 unspecified atom stereocenters. The highest BCUT2D eigenvalue weighted by molar-refractivity contribution is 5.85. The van der Waals surface area contributed by atoms with Crippen molar-refractivity contribution in [2.75, 3.05) is 37.6 Å². The van der Waals surface area contributed by atoms with Gasteiger partial charge in [-0.05, 0) is 25.5 Å². The number of halogens is 1. The summed E-state index contributed by atoms with van der Waals surface area (Å²) in [4.78, 5) is 31.4. The molecule has 3 rings (SSSR count). The molecule has 0 radical (unpaired) electrons. The van der Waals surface area contributed by atoms with E-state index in [9.17, 15) is 4.79 Å². The van der Waals surface area contributed by atoms with Crippen LogP contribution in [0.2, 0.25) is 0 Å². The highest BCUT2D eigenvalue weighted by Crippen LogP contribution is 2.28. The SMILES string of the molecule is CC(C)(C)c1cc(N2CCN(CCCCn3ccc(C(C)(C)C)nc3=O)CC2)nc(C(C)(C)C)n1.Cl. The molecule has 1 aliphatic heterocycles. The molecule has 0 spiro atoms. The van der Waals surface area contributed by atoms with Crippen LogP contribution in [0, 0.1) is 0 Å². The lowest BCUT2D eigenvalue weighted by Gasteiger charge is -2.36. The summed E-state index contributed by atoms with van der Waals surface area (Å²) < 4.78 is 1.74. The topological polar surface area (TPSA) is 67.2 Å². The summed E-state index contributed by atoms with van der Waals surface area (Å²) >= 11 is 0. The van der Waals surface area contributed by atoms with Crippen molar-refractivity contribution in [1.29, 1.82) is 0 Å². The molecule has 1 aliphatic rings. The Bertz CT molecular complexity index is 1020. The second kappa shape index (κ2) is 11.6. The molecule has 1 saturated heterocycles. The molecule has 0 N–H and O–H groups in total. The quantitative estimate of drug-likeness (QED) is 0.504. The number of hydrogen-bond donors (Lipinski definition) is 0. The van der Waals surface area contributed by atoms with Gasteiger partial charge in [-0.25, -0.2) is 14.8 Å². The average molecular weight is 519 g/mol. The summed E-state index contributed by atoms with van der Waals surface area (Å²) in [7, 11) is 0. The minimum Gasteiger partial charge on any atom is -0.354 e. The van der Waals surface area contributed by atoms with Crippen LogP contribution in [0.5, 0.6) is 0 Å². The third kappa shape index (κ3) is 8.01. The van der Waals surface area contributed by atoms with Gasteiger partial charge in [0.25, 0.3) is 0 Å². The molecule has 0 saturated carbocycles. The van der Waals surface area contributed by atoms with Gasteiger partial charge in [-0.2, -0.15) is 4.98 Å². The summed E-state index contributed by atoms with van der Waals surface area (Å²) in [5.74, 6) is 1.97. The van der Waals surface area contributed by atoms with E-state index in [2.05, 4.69) is 83.2 Å². The Balaban J connectivity index is 0.00000456. The zero-order valence-corrected chi connectivity index (χ0v) is 24.7. The van der Waals surface area contributed by atoms with Crippen molar-refractivity contribution in [3.8, 4) is 0 Å². The van der Waals surface area contributed by atoms with E-state index in [0.29, 0.717) is 0 Å². The normalized spacial score (nSPS) is 15.6. The van der Waals surface area contributed by atoms with Crippen LogP contribution in [0.15, 0.2) is 23.1 Å². The van der Waals surface area contributed by atoms with Crippen LogP contribution in [0.4, 0.5) is 5.82 Å². The average Bonchev–Trinajstić information content (AvgIpc) is 2.76. The van der Waals surface area contributed by atoms with Crippen molar-refractivity contribution in [2.24, 2.45) is 0 Å². The molecule has 0 aliphatic carbocycles. The first kappa shape index (κ1) is 30.2. The van der Waals surface area contributed by atoms with Gasteiger partial charge < -0.3 is 4.90 Å². The number of rotatable bonds is 6. The Kier molecular flexibility index (Phi) is 9.74. The monoisotopic (exact) mass is 518 g/mol. The molecular weight excluding hydrogens is 472 g/mol. The molecule has 8 heteroatoms. The molecule has 2 aromatic rings. The number of piperazine rings is 1. The fourth-order valence-electron chi connectivity index (χ4n) is 4.15. The molecule has 2 aromatic heterocycles. The van der Waals surface area contributed by atoms with Crippen molar-refractivity contribution in [2.45, 2.75) is 97.9 Å². The molecule has 0 amide bonds. The van der Waals surface area contributed by atoms with E-state index in [-0.39, 0.29) is 34.3 Å². The summed E-state index contributed by atoms with van der Waals surface area (Å²) in [5, 5.41) is 0. The van der Waals surface area contributed by atoms with Crippen LogP contribution in [0.3, 0.4) is 0 Å². The van der Waals surface area contributed by atoms with E-state index in [4.69, 9.17) is 9.97 Å². The van der Waals surface area contributed by atoms with Crippen molar-refractivity contribution in [1.82, 2.24) is 24.4 Å². The lowest BCUT2D eigenvalue weighted by molar-refractivity contribution is 0.250. The Hall–Kier alpha value is -1.99. The van der Waals surface area contributed by atoms with Gasteiger partial charge in [-0.1, -0.05) is 62.3 Å². The molecule has 0 bridgehead atoms. The standard InChI is InChI=1S/C28H46N6O.ClH/c1-26(2,3)21-12-15-34(25(35)30-21)14-11-10-13-32-16-18-33(19-17-32)23-20-22(27(4,5)6)29-24(31-23)28(7,8)9;/h12,15,20H,10-11,13-14,16-19H2,1-9H3;1H. The number of unbranched alkanes of at least 4 members (excludes halogenated alkanes) is 1. The van der Waals surface area contributed by atoms with Gasteiger partial charge in [0.15, 0.2) is 0 Å². The van der Waals surface area contributed by atoms with E-state index in [0.717, 1.165) is 75.1 Å². The van der Waals surface area contributed by atoms with E-state index in [1.54, 1.807) is 4.57 Å². The maximum atomic E-state index is 12.4. The van der Waals surface area contributed by atoms with Crippen LogP contribution >= 0.6 is 12.4 Å². The van der Waals surface area contributed by atoms with E-state index in [1.807, 2.05) is 12.3 Å². The largest absolute Gasteiger partial charge is 0.354 e. The van der Waals surface area contributed by atoms with Crippen LogP contribution in [0.25, 0.3) is 0 Å². The van der Waals surface area contributed by atoms with Gasteiger partial charge in [0.2, 0.25) is 0 Å². The van der Waals surface area contributed by atoms with Crippen LogP contribution in [-0.2, 0) is 22.8 Å². The Morgan fingerprint density at radius 3 is 1.86 bits per heavy atom. The van der Waals surface area contributed by atoms with Crippen molar-refractivity contribution >= 4 is 18.2 Å². The lowest BCUT2D eigenvalue weighted by atomic mass is 9.90. The van der Waals surface area contributed by atoms with Crippen LogP contribution < -0.4 is 10.6 Å². The number of aromatic nitrogens is 4. The third-order valence-electron chi connectivity index (χ3n) is 6.61. The minimum absolute atomic E-state index is 0. The van der Waals surface area contributed by atoms with Gasteiger partial charge in [-0.15, -0.1) is 12.4 Å². The molecule has 36 heavy (non-hydrogen) atoms. The molecule has 0 atom stereocenters. The maximum absolute atomic E-state index is 12.4. The van der Waals surface area contributed by atoms with E-state index < -0.39 is 0 Å². The van der Waals surface area contributed by atoms with Gasteiger partial charge in [-0.3, -0.25) is 9.47 Å². The Morgan fingerprint density at radius 2 is 1.33 bits per heavy atom. The zero-order valence-electron chi connectivity index (χ0n) is 23.9. The first-order chi connectivity index (χ1) is 16.1. The van der Waals surface area contributed by atoms with Gasteiger partial charge in [0, 0.05) is 61.2 Å². The zero-order chi connectivity index (χ0) is 26.0. The highest BCUT2D eigenvalue weighted by Gasteiger charge is 2.26. The van der Waals surface area contributed by atoms with E-state index in [1.165, 1.54) is 0 Å². The molecule has 7 nitrogen and oxygen atoms in total. The number of aryl methyl sites for hydroxylation is 1. The van der Waals surface area contributed by atoms with E-state index >= 15 is 0 Å². The van der Waals surface area contributed by atoms with Crippen LogP contribution in [-0.4, -0.2) is 57.1 Å². The predicted octanol–water partition coefficient (Wildman–Crippen LogP) is 4.95. The number of hydrogen-bond acceptors (Lipinski definition) is 6. The van der Waals surface area contributed by atoms with Gasteiger partial charge in [0.05, 0.1) is 11.4 Å².